The normalized spacial score (nSPS) is 15.5. The van der Waals surface area contributed by atoms with Gasteiger partial charge in [0.2, 0.25) is 0 Å². The van der Waals surface area contributed by atoms with Gasteiger partial charge in [0.15, 0.2) is 0 Å². The van der Waals surface area contributed by atoms with Crippen molar-refractivity contribution in [2.45, 2.75) is 67.1 Å². The predicted octanol–water partition coefficient (Wildman–Crippen LogP) is 7.52. The Morgan fingerprint density at radius 1 is 0.486 bits per heavy atom. The molecule has 0 aliphatic rings. The second-order valence-corrected chi connectivity index (χ2v) is 7.11. The highest BCUT2D eigenvalue weighted by Gasteiger charge is 2.92. The minimum atomic E-state index is -8.34. The molecule has 1 aromatic rings. The van der Waals surface area contributed by atoms with Crippen molar-refractivity contribution < 1.29 is 74.6 Å². The molecule has 0 saturated carbocycles. The van der Waals surface area contributed by atoms with Crippen LogP contribution in [0.25, 0.3) is 0 Å². The Hall–Kier alpha value is -2.01. The third-order valence-corrected chi connectivity index (χ3v) is 4.51. The van der Waals surface area contributed by atoms with E-state index < -0.39 is 67.1 Å². The van der Waals surface area contributed by atoms with Crippen LogP contribution in [0.15, 0.2) is 30.3 Å². The third kappa shape index (κ3) is 5.40. The maximum absolute atomic E-state index is 13.7. The summed E-state index contributed by atoms with van der Waals surface area (Å²) in [5.41, 5.74) is -0.362. The topological polar surface area (TPSA) is 12.0 Å². The average Bonchev–Trinajstić information content (AvgIpc) is 2.70. The van der Waals surface area contributed by atoms with Gasteiger partial charge in [0, 0.05) is 19.4 Å². The SMILES string of the molecule is FC(F)(F)CCC(F)(F)C(F)(F)C(F)(F)C(F)(F)C(F)(F)C(F)(F)C(F)(F)NCc1ccccc1. The fourth-order valence-corrected chi connectivity index (χ4v) is 2.39. The van der Waals surface area contributed by atoms with Crippen molar-refractivity contribution in [2.24, 2.45) is 0 Å². The van der Waals surface area contributed by atoms with Crippen LogP contribution in [0, 0.1) is 0 Å². The Morgan fingerprint density at radius 2 is 0.886 bits per heavy atom. The summed E-state index contributed by atoms with van der Waals surface area (Å²) < 4.78 is 227. The summed E-state index contributed by atoms with van der Waals surface area (Å²) in [4.78, 5) is 0. The molecule has 204 valence electrons. The zero-order valence-corrected chi connectivity index (χ0v) is 16.4. The van der Waals surface area contributed by atoms with Crippen LogP contribution in [0.2, 0.25) is 0 Å². The predicted molar refractivity (Wildman–Crippen MR) is 83.2 cm³/mol. The maximum atomic E-state index is 13.7. The summed E-state index contributed by atoms with van der Waals surface area (Å²) in [6, 6.07) is -1.20. The first-order valence-electron chi connectivity index (χ1n) is 8.79. The lowest BCUT2D eigenvalue weighted by Gasteiger charge is -2.42. The third-order valence-electron chi connectivity index (χ3n) is 4.51. The number of rotatable bonds is 11. The molecule has 0 heterocycles. The first-order valence-corrected chi connectivity index (χ1v) is 8.79. The lowest BCUT2D eigenvalue weighted by molar-refractivity contribution is -0.444. The lowest BCUT2D eigenvalue weighted by atomic mass is 9.89. The smallest absolute Gasteiger partial charge is 0.249 e. The number of nitrogens with one attached hydrogen (secondary N) is 1. The summed E-state index contributed by atoms with van der Waals surface area (Å²) in [5.74, 6) is -47.0. The van der Waals surface area contributed by atoms with Crippen LogP contribution in [-0.4, -0.2) is 47.8 Å². The number of alkyl halides is 17. The molecule has 0 spiro atoms. The molecule has 0 amide bonds. The Bertz CT molecular complexity index is 844. The molecule has 1 N–H and O–H groups in total. The van der Waals surface area contributed by atoms with E-state index in [4.69, 9.17) is 0 Å². The molecular formula is C17H12F17N. The van der Waals surface area contributed by atoms with E-state index in [2.05, 4.69) is 0 Å². The summed E-state index contributed by atoms with van der Waals surface area (Å²) in [7, 11) is 0. The highest BCUT2D eigenvalue weighted by Crippen LogP contribution is 2.62. The fraction of sp³-hybridized carbons (Fsp3) is 0.647. The molecule has 0 bridgehead atoms. The van der Waals surface area contributed by atoms with Crippen molar-refractivity contribution in [1.82, 2.24) is 5.32 Å². The van der Waals surface area contributed by atoms with E-state index in [9.17, 15) is 74.6 Å². The molecule has 0 unspecified atom stereocenters. The highest BCUT2D eigenvalue weighted by molar-refractivity contribution is 5.16. The van der Waals surface area contributed by atoms with Crippen LogP contribution in [0.5, 0.6) is 0 Å². The number of halogens is 17. The molecule has 1 rings (SSSR count). The van der Waals surface area contributed by atoms with Crippen molar-refractivity contribution in [1.29, 1.82) is 0 Å². The molecule has 0 saturated heterocycles. The Morgan fingerprint density at radius 3 is 1.31 bits per heavy atom. The summed E-state index contributed by atoms with van der Waals surface area (Å²) in [5, 5.41) is 0.349. The van der Waals surface area contributed by atoms with E-state index >= 15 is 0 Å². The molecule has 35 heavy (non-hydrogen) atoms. The van der Waals surface area contributed by atoms with Gasteiger partial charge in [-0.15, -0.1) is 0 Å². The van der Waals surface area contributed by atoms with Crippen LogP contribution < -0.4 is 5.32 Å². The van der Waals surface area contributed by atoms with Crippen LogP contribution in [0.1, 0.15) is 18.4 Å². The molecular weight excluding hydrogens is 541 g/mol. The van der Waals surface area contributed by atoms with Crippen molar-refractivity contribution in [3.63, 3.8) is 0 Å². The minimum Gasteiger partial charge on any atom is -0.249 e. The zero-order valence-electron chi connectivity index (χ0n) is 16.4. The molecule has 1 aromatic carbocycles. The van der Waals surface area contributed by atoms with Gasteiger partial charge in [-0.25, -0.2) is 5.32 Å². The number of benzene rings is 1. The second-order valence-electron chi connectivity index (χ2n) is 7.11. The van der Waals surface area contributed by atoms with E-state index in [0.29, 0.717) is 5.32 Å². The molecule has 0 fully saturated rings. The quantitative estimate of drug-likeness (QED) is 0.221. The van der Waals surface area contributed by atoms with E-state index in [0.717, 1.165) is 24.3 Å². The van der Waals surface area contributed by atoms with E-state index in [1.807, 2.05) is 0 Å². The molecule has 0 atom stereocenters. The molecule has 0 aliphatic carbocycles. The first kappa shape index (κ1) is 31.0. The van der Waals surface area contributed by atoms with E-state index in [-0.39, 0.29) is 5.56 Å². The van der Waals surface area contributed by atoms with Gasteiger partial charge in [-0.2, -0.15) is 74.6 Å². The van der Waals surface area contributed by atoms with Gasteiger partial charge in [-0.3, -0.25) is 0 Å². The summed E-state index contributed by atoms with van der Waals surface area (Å²) in [6.07, 6.45) is -12.1. The second kappa shape index (κ2) is 9.14. The van der Waals surface area contributed by atoms with Crippen molar-refractivity contribution >= 4 is 0 Å². The largest absolute Gasteiger partial charge is 0.392 e. The van der Waals surface area contributed by atoms with Gasteiger partial charge in [-0.1, -0.05) is 30.3 Å². The molecule has 1 nitrogen and oxygen atoms in total. The van der Waals surface area contributed by atoms with Crippen molar-refractivity contribution in [2.75, 3.05) is 0 Å². The lowest BCUT2D eigenvalue weighted by Crippen LogP contribution is -2.74. The monoisotopic (exact) mass is 553 g/mol. The van der Waals surface area contributed by atoms with Crippen molar-refractivity contribution in [3.05, 3.63) is 35.9 Å². The molecule has 0 aromatic heterocycles. The van der Waals surface area contributed by atoms with Gasteiger partial charge in [-0.05, 0) is 5.56 Å². The zero-order chi connectivity index (χ0) is 27.9. The van der Waals surface area contributed by atoms with Crippen LogP contribution in [0.3, 0.4) is 0 Å². The van der Waals surface area contributed by atoms with Gasteiger partial charge in [0.05, 0.1) is 0 Å². The van der Waals surface area contributed by atoms with Gasteiger partial charge in [0.25, 0.3) is 0 Å². The maximum Gasteiger partial charge on any atom is 0.392 e. The average molecular weight is 553 g/mol. The Balaban J connectivity index is 3.38. The first-order chi connectivity index (χ1) is 15.3. The van der Waals surface area contributed by atoms with Crippen LogP contribution in [0.4, 0.5) is 74.6 Å². The van der Waals surface area contributed by atoms with E-state index in [1.54, 1.807) is 0 Å². The highest BCUT2D eigenvalue weighted by atomic mass is 19.4. The minimum absolute atomic E-state index is 0.349. The van der Waals surface area contributed by atoms with Gasteiger partial charge < -0.3 is 0 Å². The van der Waals surface area contributed by atoms with Crippen LogP contribution >= 0.6 is 0 Å². The van der Waals surface area contributed by atoms with E-state index in [1.165, 1.54) is 6.07 Å². The fourth-order valence-electron chi connectivity index (χ4n) is 2.39. The Kier molecular flexibility index (Phi) is 8.10. The molecule has 0 aliphatic heterocycles. The van der Waals surface area contributed by atoms with Crippen LogP contribution in [-0.2, 0) is 6.54 Å². The number of hydrogen-bond donors (Lipinski definition) is 1. The number of hydrogen-bond acceptors (Lipinski definition) is 1. The summed E-state index contributed by atoms with van der Waals surface area (Å²) >= 11 is 0. The Labute approximate surface area is 184 Å². The van der Waals surface area contributed by atoms with Gasteiger partial charge in [0.1, 0.15) is 0 Å². The van der Waals surface area contributed by atoms with Crippen molar-refractivity contribution in [3.8, 4) is 0 Å². The molecule has 0 radical (unpaired) electrons. The van der Waals surface area contributed by atoms with Gasteiger partial charge >= 0.3 is 47.8 Å². The standard InChI is InChI=1S/C17H12F17N/c18-10(19,6-7-11(20,21)22)12(23,24)13(25,26)14(27,28)15(29,30)16(31,32)17(33,34)35-8-9-4-2-1-3-5-9/h1-5,35H,6-8H2. The summed E-state index contributed by atoms with van der Waals surface area (Å²) in [6.45, 7) is -1.48. The molecule has 18 heteroatoms.